The van der Waals surface area contributed by atoms with Crippen molar-refractivity contribution in [3.8, 4) is 34.0 Å². The zero-order valence-corrected chi connectivity index (χ0v) is 21.8. The number of nitrogens with zero attached hydrogens (tertiary/aromatic N) is 3. The van der Waals surface area contributed by atoms with Gasteiger partial charge in [0.05, 0.1) is 22.4 Å². The molecule has 35 heavy (non-hydrogen) atoms. The Morgan fingerprint density at radius 2 is 0.886 bits per heavy atom. The van der Waals surface area contributed by atoms with Gasteiger partial charge in [0, 0.05) is 23.2 Å². The van der Waals surface area contributed by atoms with E-state index in [9.17, 15) is 10.2 Å². The van der Waals surface area contributed by atoms with Crippen LogP contribution in [0.4, 0.5) is 0 Å². The molecule has 164 valence electrons. The minimum atomic E-state index is -0.0662. The van der Waals surface area contributed by atoms with Crippen LogP contribution in [0, 0.1) is 0 Å². The van der Waals surface area contributed by atoms with E-state index < -0.39 is 0 Å². The second-order valence-electron chi connectivity index (χ2n) is 7.62. The van der Waals surface area contributed by atoms with Crippen LogP contribution in [-0.2, 0) is 19.5 Å². The minimum absolute atomic E-state index is 0. The average molecular weight is 507 g/mol. The van der Waals surface area contributed by atoms with E-state index in [1.54, 1.807) is 36.7 Å². The van der Waals surface area contributed by atoms with Crippen LogP contribution in [0.1, 0.15) is 0 Å². The molecule has 0 aliphatic heterocycles. The Morgan fingerprint density at radius 3 is 1.26 bits per heavy atom. The van der Waals surface area contributed by atoms with E-state index in [1.165, 1.54) is 12.1 Å². The third-order valence-corrected chi connectivity index (χ3v) is 5.41. The molecule has 0 amide bonds. The molecule has 3 aromatic carbocycles. The topological polar surface area (TPSA) is 84.8 Å². The number of rotatable bonds is 2. The average Bonchev–Trinajstić information content (AvgIpc) is 2.90. The van der Waals surface area contributed by atoms with Gasteiger partial charge in [-0.15, -0.1) is 0 Å². The van der Waals surface area contributed by atoms with Gasteiger partial charge in [-0.05, 0) is 35.4 Å². The molecule has 0 spiro atoms. The smallest absolute Gasteiger partial charge is 0.872 e. The number of para-hydroxylation sites is 2. The van der Waals surface area contributed by atoms with E-state index in [0.29, 0.717) is 33.5 Å². The molecular weight excluding hydrogens is 488 g/mol. The molecule has 6 heteroatoms. The van der Waals surface area contributed by atoms with Gasteiger partial charge < -0.3 is 10.2 Å². The minimum Gasteiger partial charge on any atom is -0.872 e. The predicted molar refractivity (Wildman–Crippen MR) is 131 cm³/mol. The van der Waals surface area contributed by atoms with E-state index in [2.05, 4.69) is 4.98 Å². The van der Waals surface area contributed by atoms with E-state index in [1.807, 2.05) is 66.7 Å². The Balaban J connectivity index is 0.000000363. The van der Waals surface area contributed by atoms with Gasteiger partial charge in [0.25, 0.3) is 0 Å². The molecule has 0 aliphatic rings. The summed E-state index contributed by atoms with van der Waals surface area (Å²) in [5.41, 5.74) is 3.76. The summed E-state index contributed by atoms with van der Waals surface area (Å²) in [6.07, 6.45) is 3.50. The van der Waals surface area contributed by atoms with Crippen LogP contribution in [0.5, 0.6) is 11.5 Å². The quantitative estimate of drug-likeness (QED) is 0.234. The predicted octanol–water partition coefficient (Wildman–Crippen LogP) is 5.34. The summed E-state index contributed by atoms with van der Waals surface area (Å²) in [5, 5.41) is 26.3. The molecular formula is C29H19N3O2Zn. The van der Waals surface area contributed by atoms with E-state index in [0.717, 1.165) is 10.8 Å². The summed E-state index contributed by atoms with van der Waals surface area (Å²) in [6.45, 7) is 0. The Hall–Kier alpha value is -4.15. The van der Waals surface area contributed by atoms with Crippen molar-refractivity contribution in [1.82, 2.24) is 15.0 Å². The summed E-state index contributed by atoms with van der Waals surface area (Å²) in [7, 11) is 0. The van der Waals surface area contributed by atoms with Gasteiger partial charge in [0.15, 0.2) is 0 Å². The molecule has 0 saturated heterocycles. The number of fused-ring (bicyclic) bond motifs is 3. The van der Waals surface area contributed by atoms with Gasteiger partial charge in [-0.2, -0.15) is 0 Å². The number of hydrogen-bond acceptors (Lipinski definition) is 5. The molecule has 6 rings (SSSR count). The van der Waals surface area contributed by atoms with Gasteiger partial charge in [0.1, 0.15) is 0 Å². The fraction of sp³-hybridized carbons (Fsp3) is 0. The van der Waals surface area contributed by atoms with Gasteiger partial charge in [-0.25, -0.2) is 9.97 Å². The van der Waals surface area contributed by atoms with Gasteiger partial charge in [-0.3, -0.25) is 4.98 Å². The van der Waals surface area contributed by atoms with E-state index >= 15 is 0 Å². The maximum atomic E-state index is 12.2. The summed E-state index contributed by atoms with van der Waals surface area (Å²) >= 11 is 0. The van der Waals surface area contributed by atoms with Crippen LogP contribution in [0.15, 0.2) is 116 Å². The van der Waals surface area contributed by atoms with Crippen molar-refractivity contribution < 1.29 is 29.7 Å². The Labute approximate surface area is 215 Å². The summed E-state index contributed by atoms with van der Waals surface area (Å²) in [6, 6.07) is 31.0. The van der Waals surface area contributed by atoms with Crippen molar-refractivity contribution in [3.63, 3.8) is 0 Å². The summed E-state index contributed by atoms with van der Waals surface area (Å²) in [4.78, 5) is 13.3. The van der Waals surface area contributed by atoms with Gasteiger partial charge >= 0.3 is 19.5 Å². The van der Waals surface area contributed by atoms with E-state index in [-0.39, 0.29) is 31.0 Å². The molecule has 0 aliphatic carbocycles. The molecule has 0 atom stereocenters. The van der Waals surface area contributed by atoms with Crippen LogP contribution >= 0.6 is 0 Å². The van der Waals surface area contributed by atoms with Crippen molar-refractivity contribution in [2.75, 3.05) is 0 Å². The molecule has 5 nitrogen and oxygen atoms in total. The SMILES string of the molecule is [O-]c1ccccc1-c1ccc2ccc3ccc(-c4ccccc4[O-])nc3c2n1.[Zn+2].c1ccncc1. The molecule has 6 aromatic rings. The molecule has 0 saturated carbocycles. The van der Waals surface area contributed by atoms with Gasteiger partial charge in [0.2, 0.25) is 0 Å². The molecule has 0 N–H and O–H groups in total. The molecule has 3 heterocycles. The van der Waals surface area contributed by atoms with Crippen LogP contribution in [-0.4, -0.2) is 15.0 Å². The van der Waals surface area contributed by atoms with Crippen LogP contribution in [0.3, 0.4) is 0 Å². The van der Waals surface area contributed by atoms with E-state index in [4.69, 9.17) is 9.97 Å². The fourth-order valence-electron chi connectivity index (χ4n) is 3.74. The third kappa shape index (κ3) is 5.18. The molecule has 0 bridgehead atoms. The molecule has 3 aromatic heterocycles. The largest absolute Gasteiger partial charge is 2.00 e. The second kappa shape index (κ2) is 10.9. The number of hydrogen-bond donors (Lipinski definition) is 0. The molecule has 0 fully saturated rings. The molecule has 0 unspecified atom stereocenters. The Bertz CT molecular complexity index is 1460. The second-order valence-corrected chi connectivity index (χ2v) is 7.62. The third-order valence-electron chi connectivity index (χ3n) is 5.41. The normalized spacial score (nSPS) is 10.3. The number of pyridine rings is 3. The Morgan fingerprint density at radius 1 is 0.457 bits per heavy atom. The summed E-state index contributed by atoms with van der Waals surface area (Å²) < 4.78 is 0. The van der Waals surface area contributed by atoms with Crippen molar-refractivity contribution in [3.05, 3.63) is 116 Å². The first kappa shape index (κ1) is 24.0. The Kier molecular flexibility index (Phi) is 7.44. The van der Waals surface area contributed by atoms with Crippen molar-refractivity contribution in [1.29, 1.82) is 0 Å². The van der Waals surface area contributed by atoms with Crippen molar-refractivity contribution in [2.24, 2.45) is 0 Å². The standard InChI is InChI=1S/C24H16N2O2.C5H5N.Zn/c27-21-7-3-1-5-17(21)19-13-11-15-9-10-16-12-14-20(26-24(16)23(15)25-19)18-6-2-4-8-22(18)28;1-2-4-6-5-3-1;/h1-14,27-28H;1-5H;/q;;+2/p-2. The zero-order chi connectivity index (χ0) is 23.3. The van der Waals surface area contributed by atoms with Crippen molar-refractivity contribution >= 4 is 21.8 Å². The maximum Gasteiger partial charge on any atom is 2.00 e. The first-order valence-electron chi connectivity index (χ1n) is 10.8. The number of aromatic nitrogens is 3. The zero-order valence-electron chi connectivity index (χ0n) is 18.8. The first-order chi connectivity index (χ1) is 16.7. The maximum absolute atomic E-state index is 12.2. The van der Waals surface area contributed by atoms with Crippen molar-refractivity contribution in [2.45, 2.75) is 0 Å². The van der Waals surface area contributed by atoms with Crippen LogP contribution < -0.4 is 10.2 Å². The fourth-order valence-corrected chi connectivity index (χ4v) is 3.74. The number of benzene rings is 3. The first-order valence-corrected chi connectivity index (χ1v) is 10.8. The van der Waals surface area contributed by atoms with Crippen LogP contribution in [0.2, 0.25) is 0 Å². The van der Waals surface area contributed by atoms with Gasteiger partial charge in [-0.1, -0.05) is 90.4 Å². The van der Waals surface area contributed by atoms with Crippen LogP contribution in [0.25, 0.3) is 44.3 Å². The molecule has 0 radical (unpaired) electrons. The monoisotopic (exact) mass is 505 g/mol. The summed E-state index contributed by atoms with van der Waals surface area (Å²) in [5.74, 6) is -0.132.